The van der Waals surface area contributed by atoms with Crippen molar-refractivity contribution in [3.63, 3.8) is 0 Å². The maximum absolute atomic E-state index is 13.0. The Balaban J connectivity index is 1.23. The molecule has 1 unspecified atom stereocenters. The standard InChI is InChI=1S/C24H24N2O3/c27-21-24(11-5-8-17-6-1-4-10-20(17)24)29-22(25-21)26-14-12-23(13-15-26)19-9-3-2-7-18(19)16-28-23/h1-4,6-7,9-10H,5,8,11-16H2. The van der Waals surface area contributed by atoms with Crippen LogP contribution in [-0.4, -0.2) is 29.9 Å². The molecule has 3 aliphatic heterocycles. The lowest BCUT2D eigenvalue weighted by atomic mass is 9.79. The summed E-state index contributed by atoms with van der Waals surface area (Å²) in [7, 11) is 0. The predicted molar refractivity (Wildman–Crippen MR) is 108 cm³/mol. The summed E-state index contributed by atoms with van der Waals surface area (Å²) in [4.78, 5) is 19.5. The minimum Gasteiger partial charge on any atom is -0.443 e. The molecule has 2 aromatic carbocycles. The normalized spacial score (nSPS) is 27.0. The highest BCUT2D eigenvalue weighted by Gasteiger charge is 2.52. The van der Waals surface area contributed by atoms with E-state index in [1.165, 1.54) is 16.7 Å². The second kappa shape index (κ2) is 6.17. The van der Waals surface area contributed by atoms with E-state index < -0.39 is 5.60 Å². The van der Waals surface area contributed by atoms with Crippen LogP contribution in [0.2, 0.25) is 0 Å². The Bertz CT molecular complexity index is 1020. The summed E-state index contributed by atoms with van der Waals surface area (Å²) in [6, 6.07) is 17.2. The number of benzene rings is 2. The fourth-order valence-corrected chi connectivity index (χ4v) is 5.51. The quantitative estimate of drug-likeness (QED) is 0.691. The zero-order chi connectivity index (χ0) is 19.5. The summed E-state index contributed by atoms with van der Waals surface area (Å²) < 4.78 is 12.6. The summed E-state index contributed by atoms with van der Waals surface area (Å²) in [5.74, 6) is -0.151. The third-order valence-corrected chi connectivity index (χ3v) is 7.09. The van der Waals surface area contributed by atoms with Gasteiger partial charge in [0.15, 0.2) is 0 Å². The molecule has 1 amide bonds. The number of fused-ring (bicyclic) bond motifs is 4. The van der Waals surface area contributed by atoms with Crippen LogP contribution < -0.4 is 0 Å². The van der Waals surface area contributed by atoms with Crippen molar-refractivity contribution in [2.45, 2.75) is 49.9 Å². The van der Waals surface area contributed by atoms with Crippen molar-refractivity contribution in [1.29, 1.82) is 0 Å². The van der Waals surface area contributed by atoms with Gasteiger partial charge in [-0.1, -0.05) is 48.5 Å². The molecule has 5 heteroatoms. The van der Waals surface area contributed by atoms with Gasteiger partial charge in [-0.2, -0.15) is 4.99 Å². The van der Waals surface area contributed by atoms with Crippen molar-refractivity contribution in [2.75, 3.05) is 13.1 Å². The van der Waals surface area contributed by atoms with Gasteiger partial charge in [0, 0.05) is 25.1 Å². The molecule has 0 N–H and O–H groups in total. The van der Waals surface area contributed by atoms with Gasteiger partial charge < -0.3 is 14.4 Å². The molecule has 29 heavy (non-hydrogen) atoms. The van der Waals surface area contributed by atoms with E-state index in [2.05, 4.69) is 40.2 Å². The smallest absolute Gasteiger partial charge is 0.299 e. The zero-order valence-corrected chi connectivity index (χ0v) is 16.4. The number of ether oxygens (including phenoxy) is 2. The number of carbonyl (C=O) groups is 1. The molecule has 0 bridgehead atoms. The molecule has 1 aliphatic carbocycles. The molecule has 0 aromatic heterocycles. The van der Waals surface area contributed by atoms with E-state index in [0.29, 0.717) is 19.0 Å². The van der Waals surface area contributed by atoms with Crippen LogP contribution >= 0.6 is 0 Å². The van der Waals surface area contributed by atoms with Gasteiger partial charge in [0.1, 0.15) is 0 Å². The molecule has 6 rings (SSSR count). The molecule has 5 nitrogen and oxygen atoms in total. The summed E-state index contributed by atoms with van der Waals surface area (Å²) >= 11 is 0. The summed E-state index contributed by atoms with van der Waals surface area (Å²) in [5, 5.41) is 0. The third-order valence-electron chi connectivity index (χ3n) is 7.09. The minimum atomic E-state index is -0.921. The SMILES string of the molecule is O=C1N=C(N2CCC3(CC2)OCc2ccccc23)OC12CCCc1ccccc12. The second-order valence-corrected chi connectivity index (χ2v) is 8.57. The average molecular weight is 388 g/mol. The maximum Gasteiger partial charge on any atom is 0.299 e. The highest BCUT2D eigenvalue weighted by molar-refractivity contribution is 6.02. The monoisotopic (exact) mass is 388 g/mol. The van der Waals surface area contributed by atoms with Crippen LogP contribution in [-0.2, 0) is 38.5 Å². The number of piperidine rings is 1. The van der Waals surface area contributed by atoms with E-state index in [1.54, 1.807) is 0 Å². The van der Waals surface area contributed by atoms with Crippen molar-refractivity contribution >= 4 is 11.9 Å². The van der Waals surface area contributed by atoms with Gasteiger partial charge in [-0.05, 0) is 42.4 Å². The van der Waals surface area contributed by atoms with Crippen molar-refractivity contribution in [1.82, 2.24) is 4.90 Å². The first-order valence-corrected chi connectivity index (χ1v) is 10.6. The van der Waals surface area contributed by atoms with Crippen molar-refractivity contribution in [3.8, 4) is 0 Å². The summed E-state index contributed by atoms with van der Waals surface area (Å²) in [6.45, 7) is 2.24. The molecular weight excluding hydrogens is 364 g/mol. The number of aryl methyl sites for hydroxylation is 1. The van der Waals surface area contributed by atoms with E-state index >= 15 is 0 Å². The Kier molecular flexibility index (Phi) is 3.66. The fourth-order valence-electron chi connectivity index (χ4n) is 5.51. The number of amidine groups is 1. The molecule has 3 heterocycles. The number of carbonyl (C=O) groups excluding carboxylic acids is 1. The number of aliphatic imine (C=N–C) groups is 1. The van der Waals surface area contributed by atoms with Crippen LogP contribution in [0.5, 0.6) is 0 Å². The number of likely N-dealkylation sites (tertiary alicyclic amines) is 1. The van der Waals surface area contributed by atoms with Gasteiger partial charge in [0.25, 0.3) is 11.9 Å². The Hall–Kier alpha value is -2.66. The van der Waals surface area contributed by atoms with Gasteiger partial charge in [-0.3, -0.25) is 4.79 Å². The Morgan fingerprint density at radius 1 is 0.897 bits per heavy atom. The van der Waals surface area contributed by atoms with E-state index in [4.69, 9.17) is 9.47 Å². The van der Waals surface area contributed by atoms with E-state index in [-0.39, 0.29) is 11.5 Å². The van der Waals surface area contributed by atoms with E-state index in [9.17, 15) is 4.79 Å². The van der Waals surface area contributed by atoms with Gasteiger partial charge >= 0.3 is 0 Å². The minimum absolute atomic E-state index is 0.151. The first-order chi connectivity index (χ1) is 14.2. The number of nitrogens with zero attached hydrogens (tertiary/aromatic N) is 2. The van der Waals surface area contributed by atoms with Gasteiger partial charge in [-0.25, -0.2) is 0 Å². The fraction of sp³-hybridized carbons (Fsp3) is 0.417. The van der Waals surface area contributed by atoms with Crippen LogP contribution in [0.25, 0.3) is 0 Å². The Labute approximate surface area is 170 Å². The predicted octanol–water partition coefficient (Wildman–Crippen LogP) is 3.65. The first-order valence-electron chi connectivity index (χ1n) is 10.6. The molecule has 1 atom stereocenters. The molecular formula is C24H24N2O3. The Morgan fingerprint density at radius 2 is 1.62 bits per heavy atom. The average Bonchev–Trinajstić information content (AvgIpc) is 3.28. The molecule has 4 aliphatic rings. The van der Waals surface area contributed by atoms with Crippen LogP contribution in [0.15, 0.2) is 53.5 Å². The van der Waals surface area contributed by atoms with Crippen molar-refractivity contribution in [2.24, 2.45) is 4.99 Å². The third kappa shape index (κ3) is 2.43. The molecule has 1 fully saturated rings. The highest BCUT2D eigenvalue weighted by Crippen LogP contribution is 2.46. The van der Waals surface area contributed by atoms with E-state index in [1.807, 2.05) is 18.2 Å². The summed E-state index contributed by atoms with van der Waals surface area (Å²) in [5.41, 5.74) is 3.70. The van der Waals surface area contributed by atoms with Gasteiger partial charge in [-0.15, -0.1) is 0 Å². The van der Waals surface area contributed by atoms with E-state index in [0.717, 1.165) is 44.3 Å². The number of hydrogen-bond acceptors (Lipinski definition) is 4. The molecule has 0 radical (unpaired) electrons. The lowest BCUT2D eigenvalue weighted by molar-refractivity contribution is -0.133. The van der Waals surface area contributed by atoms with Crippen LogP contribution in [0.1, 0.15) is 47.9 Å². The summed E-state index contributed by atoms with van der Waals surface area (Å²) in [6.07, 6.45) is 4.39. The molecule has 148 valence electrons. The van der Waals surface area contributed by atoms with Crippen molar-refractivity contribution < 1.29 is 14.3 Å². The van der Waals surface area contributed by atoms with Gasteiger partial charge in [0.2, 0.25) is 5.60 Å². The Morgan fingerprint density at radius 3 is 2.45 bits per heavy atom. The largest absolute Gasteiger partial charge is 0.443 e. The van der Waals surface area contributed by atoms with Crippen LogP contribution in [0, 0.1) is 0 Å². The molecule has 0 saturated carbocycles. The zero-order valence-electron chi connectivity index (χ0n) is 16.4. The second-order valence-electron chi connectivity index (χ2n) is 8.57. The number of amides is 1. The maximum atomic E-state index is 13.0. The number of hydrogen-bond donors (Lipinski definition) is 0. The van der Waals surface area contributed by atoms with Crippen LogP contribution in [0.4, 0.5) is 0 Å². The van der Waals surface area contributed by atoms with Crippen molar-refractivity contribution in [3.05, 3.63) is 70.8 Å². The number of rotatable bonds is 0. The highest BCUT2D eigenvalue weighted by atomic mass is 16.5. The van der Waals surface area contributed by atoms with Gasteiger partial charge in [0.05, 0.1) is 12.2 Å². The van der Waals surface area contributed by atoms with Crippen LogP contribution in [0.3, 0.4) is 0 Å². The first kappa shape index (κ1) is 17.2. The lowest BCUT2D eigenvalue weighted by Crippen LogP contribution is -2.47. The molecule has 1 saturated heterocycles. The lowest BCUT2D eigenvalue weighted by Gasteiger charge is -2.40. The molecule has 2 aromatic rings. The topological polar surface area (TPSA) is 51.1 Å². The molecule has 2 spiro atoms.